The number of nitrogens with one attached hydrogen (secondary N) is 1. The molecule has 0 saturated heterocycles. The number of ketones is 1. The Balaban J connectivity index is 2.03. The van der Waals surface area contributed by atoms with Gasteiger partial charge in [-0.05, 0) is 37.8 Å². The molecule has 0 aromatic heterocycles. The number of hydrogen-bond donors (Lipinski definition) is 1. The first-order valence-electron chi connectivity index (χ1n) is 6.31. The lowest BCUT2D eigenvalue weighted by atomic mass is 10.1. The number of carbonyl (C=O) groups excluding carboxylic acids is 1. The van der Waals surface area contributed by atoms with E-state index in [1.165, 1.54) is 0 Å². The van der Waals surface area contributed by atoms with Gasteiger partial charge in [-0.15, -0.1) is 0 Å². The maximum atomic E-state index is 12.1. The highest BCUT2D eigenvalue weighted by atomic mass is 32.2. The molecule has 1 N–H and O–H groups in total. The van der Waals surface area contributed by atoms with Gasteiger partial charge in [-0.2, -0.15) is 0 Å². The molecule has 0 aliphatic heterocycles. The predicted molar refractivity (Wildman–Crippen MR) is 73.3 cm³/mol. The van der Waals surface area contributed by atoms with Gasteiger partial charge in [-0.1, -0.05) is 24.6 Å². The molecule has 0 unspecified atom stereocenters. The lowest BCUT2D eigenvalue weighted by Gasteiger charge is -2.12. The molecule has 2 rings (SSSR count). The second kappa shape index (κ2) is 4.72. The van der Waals surface area contributed by atoms with E-state index in [9.17, 15) is 13.2 Å². The minimum atomic E-state index is -3.48. The van der Waals surface area contributed by atoms with Crippen LogP contribution in [0.15, 0.2) is 29.2 Å². The monoisotopic (exact) mass is 281 g/mol. The molecular weight excluding hydrogens is 262 g/mol. The molecule has 1 aromatic carbocycles. The summed E-state index contributed by atoms with van der Waals surface area (Å²) in [5.74, 6) is 0.130. The summed E-state index contributed by atoms with van der Waals surface area (Å²) in [5, 5.41) is 0. The molecule has 0 radical (unpaired) electrons. The van der Waals surface area contributed by atoms with Crippen LogP contribution in [0.2, 0.25) is 0 Å². The number of Topliss-reactive ketones (excluding diaryl/α,β-unsaturated/α-hetero) is 1. The van der Waals surface area contributed by atoms with Gasteiger partial charge in [0.25, 0.3) is 0 Å². The van der Waals surface area contributed by atoms with Crippen LogP contribution in [-0.4, -0.2) is 20.7 Å². The van der Waals surface area contributed by atoms with E-state index < -0.39 is 10.0 Å². The molecule has 0 bridgehead atoms. The van der Waals surface area contributed by atoms with E-state index >= 15 is 0 Å². The smallest absolute Gasteiger partial charge is 0.240 e. The van der Waals surface area contributed by atoms with Crippen molar-refractivity contribution in [3.8, 4) is 0 Å². The molecule has 1 aliphatic rings. The zero-order valence-electron chi connectivity index (χ0n) is 11.4. The van der Waals surface area contributed by atoms with E-state index in [2.05, 4.69) is 4.72 Å². The molecule has 0 spiro atoms. The Morgan fingerprint density at radius 3 is 2.42 bits per heavy atom. The Bertz CT molecular complexity index is 592. The highest BCUT2D eigenvalue weighted by Gasteiger charge is 2.52. The van der Waals surface area contributed by atoms with E-state index in [-0.39, 0.29) is 22.0 Å². The molecule has 5 heteroatoms. The average molecular weight is 281 g/mol. The van der Waals surface area contributed by atoms with E-state index in [0.29, 0.717) is 6.54 Å². The van der Waals surface area contributed by atoms with Crippen molar-refractivity contribution in [2.24, 2.45) is 11.3 Å². The highest BCUT2D eigenvalue weighted by molar-refractivity contribution is 7.89. The van der Waals surface area contributed by atoms with Crippen molar-refractivity contribution in [2.45, 2.75) is 32.1 Å². The third kappa shape index (κ3) is 3.04. The number of sulfonamides is 1. The second-order valence-corrected chi connectivity index (χ2v) is 7.43. The van der Waals surface area contributed by atoms with Crippen LogP contribution in [0, 0.1) is 18.3 Å². The molecule has 1 saturated carbocycles. The summed E-state index contributed by atoms with van der Waals surface area (Å²) < 4.78 is 26.8. The van der Waals surface area contributed by atoms with Crippen molar-refractivity contribution in [1.82, 2.24) is 4.72 Å². The van der Waals surface area contributed by atoms with Crippen molar-refractivity contribution in [2.75, 3.05) is 6.54 Å². The molecule has 104 valence electrons. The van der Waals surface area contributed by atoms with Crippen LogP contribution in [0.25, 0.3) is 0 Å². The van der Waals surface area contributed by atoms with Gasteiger partial charge in [0, 0.05) is 12.5 Å². The Labute approximate surface area is 114 Å². The first-order valence-corrected chi connectivity index (χ1v) is 7.80. The quantitative estimate of drug-likeness (QED) is 0.896. The molecule has 0 amide bonds. The highest BCUT2D eigenvalue weighted by Crippen LogP contribution is 2.52. The van der Waals surface area contributed by atoms with Gasteiger partial charge >= 0.3 is 0 Å². The summed E-state index contributed by atoms with van der Waals surface area (Å²) in [5.41, 5.74) is 0.800. The fraction of sp³-hybridized carbons (Fsp3) is 0.500. The first-order chi connectivity index (χ1) is 8.74. The lowest BCUT2D eigenvalue weighted by molar-refractivity contribution is -0.118. The van der Waals surface area contributed by atoms with Gasteiger partial charge in [0.2, 0.25) is 10.0 Å². The summed E-state index contributed by atoms with van der Waals surface area (Å²) in [6.07, 6.45) is 0.763. The first kappa shape index (κ1) is 14.2. The molecule has 1 fully saturated rings. The lowest BCUT2D eigenvalue weighted by Crippen LogP contribution is -2.30. The van der Waals surface area contributed by atoms with Crippen molar-refractivity contribution in [3.63, 3.8) is 0 Å². The van der Waals surface area contributed by atoms with Gasteiger partial charge in [-0.3, -0.25) is 4.79 Å². The van der Waals surface area contributed by atoms with Gasteiger partial charge in [-0.25, -0.2) is 13.1 Å². The fourth-order valence-corrected chi connectivity index (χ4v) is 3.48. The van der Waals surface area contributed by atoms with Gasteiger partial charge in [0.05, 0.1) is 4.90 Å². The van der Waals surface area contributed by atoms with E-state index in [4.69, 9.17) is 0 Å². The summed E-state index contributed by atoms with van der Waals surface area (Å²) in [7, 11) is -3.48. The normalized spacial score (nSPS) is 26.2. The molecular formula is C14H19NO3S. The van der Waals surface area contributed by atoms with Crippen LogP contribution in [0.4, 0.5) is 0 Å². The SMILES string of the molecule is CC(=O)[C@@H]1C[C@]1(C)CNS(=O)(=O)c1ccc(C)cc1. The summed E-state index contributed by atoms with van der Waals surface area (Å²) >= 11 is 0. The van der Waals surface area contributed by atoms with E-state index in [1.807, 2.05) is 13.8 Å². The number of carbonyl (C=O) groups is 1. The molecule has 4 nitrogen and oxygen atoms in total. The average Bonchev–Trinajstić information content (AvgIpc) is 3.01. The summed E-state index contributed by atoms with van der Waals surface area (Å²) in [4.78, 5) is 11.5. The molecule has 19 heavy (non-hydrogen) atoms. The largest absolute Gasteiger partial charge is 0.300 e. The minimum absolute atomic E-state index is 0.00628. The van der Waals surface area contributed by atoms with Gasteiger partial charge in [0.1, 0.15) is 5.78 Å². The third-order valence-corrected chi connectivity index (χ3v) is 5.26. The van der Waals surface area contributed by atoms with Crippen molar-refractivity contribution in [1.29, 1.82) is 0 Å². The molecule has 1 aromatic rings. The number of aryl methyl sites for hydroxylation is 1. The van der Waals surface area contributed by atoms with Crippen LogP contribution >= 0.6 is 0 Å². The number of hydrogen-bond acceptors (Lipinski definition) is 3. The third-order valence-electron chi connectivity index (χ3n) is 3.84. The maximum Gasteiger partial charge on any atom is 0.240 e. The van der Waals surface area contributed by atoms with Crippen LogP contribution < -0.4 is 4.72 Å². The Morgan fingerprint density at radius 1 is 1.37 bits per heavy atom. The van der Waals surface area contributed by atoms with E-state index in [1.54, 1.807) is 31.2 Å². The number of benzene rings is 1. The second-order valence-electron chi connectivity index (χ2n) is 5.66. The van der Waals surface area contributed by atoms with Crippen molar-refractivity contribution < 1.29 is 13.2 Å². The van der Waals surface area contributed by atoms with Crippen LogP contribution in [0.5, 0.6) is 0 Å². The predicted octanol–water partition coefficient (Wildman–Crippen LogP) is 1.89. The Morgan fingerprint density at radius 2 is 1.95 bits per heavy atom. The Hall–Kier alpha value is -1.20. The Kier molecular flexibility index (Phi) is 3.53. The van der Waals surface area contributed by atoms with Crippen LogP contribution in [-0.2, 0) is 14.8 Å². The topological polar surface area (TPSA) is 63.2 Å². The standard InChI is InChI=1S/C14H19NO3S/c1-10-4-6-12(7-5-10)19(17,18)15-9-14(3)8-13(14)11(2)16/h4-7,13,15H,8-9H2,1-3H3/t13-,14+/m0/s1. The van der Waals surface area contributed by atoms with E-state index in [0.717, 1.165) is 12.0 Å². The summed E-state index contributed by atoms with van der Waals surface area (Å²) in [6.45, 7) is 5.72. The zero-order valence-corrected chi connectivity index (χ0v) is 12.3. The van der Waals surface area contributed by atoms with Gasteiger partial charge < -0.3 is 0 Å². The number of rotatable bonds is 5. The molecule has 0 heterocycles. The zero-order chi connectivity index (χ0) is 14.3. The van der Waals surface area contributed by atoms with Crippen LogP contribution in [0.1, 0.15) is 25.8 Å². The van der Waals surface area contributed by atoms with Crippen LogP contribution in [0.3, 0.4) is 0 Å². The maximum absolute atomic E-state index is 12.1. The fourth-order valence-electron chi connectivity index (χ4n) is 2.30. The summed E-state index contributed by atoms with van der Waals surface area (Å²) in [6, 6.07) is 6.72. The molecule has 1 aliphatic carbocycles. The van der Waals surface area contributed by atoms with Crippen molar-refractivity contribution in [3.05, 3.63) is 29.8 Å². The van der Waals surface area contributed by atoms with Gasteiger partial charge in [0.15, 0.2) is 0 Å². The molecule has 2 atom stereocenters. The van der Waals surface area contributed by atoms with Crippen molar-refractivity contribution >= 4 is 15.8 Å². The minimum Gasteiger partial charge on any atom is -0.300 e.